The van der Waals surface area contributed by atoms with E-state index in [2.05, 4.69) is 17.0 Å². The molecule has 0 unspecified atom stereocenters. The summed E-state index contributed by atoms with van der Waals surface area (Å²) in [7, 11) is 1.66. The van der Waals surface area contributed by atoms with Crippen molar-refractivity contribution in [1.29, 1.82) is 0 Å². The van der Waals surface area contributed by atoms with Crippen LogP contribution in [0.25, 0.3) is 11.1 Å². The summed E-state index contributed by atoms with van der Waals surface area (Å²) in [5, 5.41) is 0. The molecule has 5 nitrogen and oxygen atoms in total. The zero-order chi connectivity index (χ0) is 21.4. The van der Waals surface area contributed by atoms with E-state index in [1.807, 2.05) is 53.4 Å². The molecular weight excluding hydrogens is 388 g/mol. The van der Waals surface area contributed by atoms with Gasteiger partial charge in [-0.2, -0.15) is 0 Å². The summed E-state index contributed by atoms with van der Waals surface area (Å²) in [5.74, 6) is 0.827. The van der Waals surface area contributed by atoms with Crippen molar-refractivity contribution < 1.29 is 14.3 Å². The molecule has 0 bridgehead atoms. The standard InChI is InChI=1S/C26H24N2O3/c1-31-20-10-8-19(9-11-20)27-13-4-14-28(16-15-27)26(30)18-7-12-22-21-5-2-3-6-23(21)25(29)24(22)17-18/h2-3,5-12,17H,4,13-16H2,1H3. The smallest absolute Gasteiger partial charge is 0.253 e. The van der Waals surface area contributed by atoms with Crippen molar-refractivity contribution in [3.05, 3.63) is 83.4 Å². The van der Waals surface area contributed by atoms with Crippen molar-refractivity contribution in [2.45, 2.75) is 6.42 Å². The van der Waals surface area contributed by atoms with Gasteiger partial charge in [-0.3, -0.25) is 9.59 Å². The Morgan fingerprint density at radius 3 is 2.32 bits per heavy atom. The summed E-state index contributed by atoms with van der Waals surface area (Å²) in [6, 6.07) is 21.2. The van der Waals surface area contributed by atoms with Gasteiger partial charge in [0.2, 0.25) is 0 Å². The van der Waals surface area contributed by atoms with E-state index in [4.69, 9.17) is 4.74 Å². The summed E-state index contributed by atoms with van der Waals surface area (Å²) in [6.07, 6.45) is 0.896. The number of carbonyl (C=O) groups is 2. The van der Waals surface area contributed by atoms with Gasteiger partial charge in [-0.15, -0.1) is 0 Å². The normalized spacial score (nSPS) is 15.3. The quantitative estimate of drug-likeness (QED) is 0.505. The van der Waals surface area contributed by atoms with Gasteiger partial charge in [0.1, 0.15) is 5.75 Å². The van der Waals surface area contributed by atoms with E-state index >= 15 is 0 Å². The van der Waals surface area contributed by atoms with E-state index < -0.39 is 0 Å². The Morgan fingerprint density at radius 2 is 1.55 bits per heavy atom. The summed E-state index contributed by atoms with van der Waals surface area (Å²) < 4.78 is 5.24. The number of anilines is 1. The minimum absolute atomic E-state index is 0.00166. The van der Waals surface area contributed by atoms with Crippen LogP contribution in [0.15, 0.2) is 66.7 Å². The highest BCUT2D eigenvalue weighted by molar-refractivity contribution is 6.22. The number of carbonyl (C=O) groups excluding carboxylic acids is 2. The van der Waals surface area contributed by atoms with Gasteiger partial charge in [0.25, 0.3) is 5.91 Å². The number of hydrogen-bond acceptors (Lipinski definition) is 4. The number of rotatable bonds is 3. The molecule has 5 rings (SSSR count). The minimum atomic E-state index is -0.0110. The summed E-state index contributed by atoms with van der Waals surface area (Å²) in [6.45, 7) is 3.02. The maximum absolute atomic E-state index is 13.2. The highest BCUT2D eigenvalue weighted by Gasteiger charge is 2.28. The molecule has 1 amide bonds. The fourth-order valence-corrected chi connectivity index (χ4v) is 4.52. The van der Waals surface area contributed by atoms with E-state index in [1.54, 1.807) is 13.2 Å². The molecule has 5 heteroatoms. The Balaban J connectivity index is 1.32. The number of fused-ring (bicyclic) bond motifs is 3. The molecule has 0 radical (unpaired) electrons. The van der Waals surface area contributed by atoms with Gasteiger partial charge in [0.15, 0.2) is 5.78 Å². The van der Waals surface area contributed by atoms with Crippen molar-refractivity contribution >= 4 is 17.4 Å². The summed E-state index contributed by atoms with van der Waals surface area (Å²) in [4.78, 5) is 30.2. The second-order valence-electron chi connectivity index (χ2n) is 7.97. The molecule has 3 aromatic rings. The number of ketones is 1. The van der Waals surface area contributed by atoms with Gasteiger partial charge < -0.3 is 14.5 Å². The van der Waals surface area contributed by atoms with Gasteiger partial charge in [0.05, 0.1) is 7.11 Å². The summed E-state index contributed by atoms with van der Waals surface area (Å²) >= 11 is 0. The van der Waals surface area contributed by atoms with Crippen LogP contribution >= 0.6 is 0 Å². The third-order valence-corrected chi connectivity index (χ3v) is 6.19. The van der Waals surface area contributed by atoms with Crippen LogP contribution < -0.4 is 9.64 Å². The third kappa shape index (κ3) is 3.46. The SMILES string of the molecule is COc1ccc(N2CCCN(C(=O)c3ccc4c(c3)C(=O)c3ccccc3-4)CC2)cc1. The molecule has 2 aliphatic rings. The van der Waals surface area contributed by atoms with Crippen LogP contribution in [0.4, 0.5) is 5.69 Å². The Hall–Kier alpha value is -3.60. The maximum atomic E-state index is 13.2. The van der Waals surface area contributed by atoms with Gasteiger partial charge in [-0.25, -0.2) is 0 Å². The number of methoxy groups -OCH3 is 1. The lowest BCUT2D eigenvalue weighted by Crippen LogP contribution is -2.35. The van der Waals surface area contributed by atoms with Crippen molar-refractivity contribution in [3.8, 4) is 16.9 Å². The van der Waals surface area contributed by atoms with Crippen LogP contribution in [0.2, 0.25) is 0 Å². The number of nitrogens with zero attached hydrogens (tertiary/aromatic N) is 2. The fourth-order valence-electron chi connectivity index (χ4n) is 4.52. The van der Waals surface area contributed by atoms with Gasteiger partial charge >= 0.3 is 0 Å². The number of amides is 1. The summed E-state index contributed by atoms with van der Waals surface area (Å²) in [5.41, 5.74) is 4.92. The van der Waals surface area contributed by atoms with Crippen LogP contribution in [0, 0.1) is 0 Å². The Bertz CT molecular complexity index is 1150. The predicted molar refractivity (Wildman–Crippen MR) is 121 cm³/mol. The highest BCUT2D eigenvalue weighted by Crippen LogP contribution is 2.37. The average molecular weight is 412 g/mol. The molecule has 1 fully saturated rings. The Labute approximate surface area is 181 Å². The molecule has 0 spiro atoms. The molecule has 0 atom stereocenters. The van der Waals surface area contributed by atoms with Gasteiger partial charge in [-0.1, -0.05) is 30.3 Å². The number of hydrogen-bond donors (Lipinski definition) is 0. The third-order valence-electron chi connectivity index (χ3n) is 6.19. The van der Waals surface area contributed by atoms with Crippen LogP contribution in [-0.2, 0) is 0 Å². The molecule has 0 N–H and O–H groups in total. The van der Waals surface area contributed by atoms with Crippen molar-refractivity contribution in [3.63, 3.8) is 0 Å². The Kier molecular flexibility index (Phi) is 4.94. The van der Waals surface area contributed by atoms with Gasteiger partial charge in [0, 0.05) is 48.6 Å². The molecule has 3 aromatic carbocycles. The first-order chi connectivity index (χ1) is 15.2. The number of ether oxygens (including phenoxy) is 1. The molecule has 1 aliphatic heterocycles. The lowest BCUT2D eigenvalue weighted by Gasteiger charge is -2.24. The Morgan fingerprint density at radius 1 is 0.806 bits per heavy atom. The van der Waals surface area contributed by atoms with Crippen LogP contribution in [-0.4, -0.2) is 49.9 Å². The van der Waals surface area contributed by atoms with Crippen molar-refractivity contribution in [1.82, 2.24) is 4.90 Å². The van der Waals surface area contributed by atoms with Crippen molar-refractivity contribution in [2.75, 3.05) is 38.2 Å². The van der Waals surface area contributed by atoms with Crippen molar-refractivity contribution in [2.24, 2.45) is 0 Å². The van der Waals surface area contributed by atoms with E-state index in [9.17, 15) is 9.59 Å². The first-order valence-corrected chi connectivity index (χ1v) is 10.6. The van der Waals surface area contributed by atoms with E-state index in [1.165, 1.54) is 0 Å². The first-order valence-electron chi connectivity index (χ1n) is 10.6. The molecule has 1 heterocycles. The second kappa shape index (κ2) is 7.91. The molecule has 31 heavy (non-hydrogen) atoms. The largest absolute Gasteiger partial charge is 0.497 e. The van der Waals surface area contributed by atoms with E-state index in [-0.39, 0.29) is 11.7 Å². The van der Waals surface area contributed by atoms with Crippen LogP contribution in [0.5, 0.6) is 5.75 Å². The lowest BCUT2D eigenvalue weighted by molar-refractivity contribution is 0.0767. The first kappa shape index (κ1) is 19.4. The fraction of sp³-hybridized carbons (Fsp3) is 0.231. The topological polar surface area (TPSA) is 49.9 Å². The van der Waals surface area contributed by atoms with E-state index in [0.29, 0.717) is 29.8 Å². The van der Waals surface area contributed by atoms with Crippen LogP contribution in [0.3, 0.4) is 0 Å². The molecule has 0 saturated carbocycles. The molecule has 0 aromatic heterocycles. The zero-order valence-corrected chi connectivity index (χ0v) is 17.5. The van der Waals surface area contributed by atoms with Gasteiger partial charge in [-0.05, 0) is 53.9 Å². The molecule has 1 saturated heterocycles. The van der Waals surface area contributed by atoms with E-state index in [0.717, 1.165) is 42.1 Å². The average Bonchev–Trinajstić information content (AvgIpc) is 2.97. The maximum Gasteiger partial charge on any atom is 0.253 e. The molecular formula is C26H24N2O3. The minimum Gasteiger partial charge on any atom is -0.497 e. The lowest BCUT2D eigenvalue weighted by atomic mass is 10.0. The predicted octanol–water partition coefficient (Wildman–Crippen LogP) is 4.26. The zero-order valence-electron chi connectivity index (χ0n) is 17.5. The highest BCUT2D eigenvalue weighted by atomic mass is 16.5. The molecule has 156 valence electrons. The molecule has 1 aliphatic carbocycles. The number of benzene rings is 3. The monoisotopic (exact) mass is 412 g/mol. The van der Waals surface area contributed by atoms with Crippen LogP contribution in [0.1, 0.15) is 32.7 Å². The second-order valence-corrected chi connectivity index (χ2v) is 7.97.